The van der Waals surface area contributed by atoms with Crippen molar-refractivity contribution < 1.29 is 0 Å². The van der Waals surface area contributed by atoms with Gasteiger partial charge in [0.15, 0.2) is 0 Å². The summed E-state index contributed by atoms with van der Waals surface area (Å²) in [6.45, 7) is 4.81. The third-order valence-electron chi connectivity index (χ3n) is 4.17. The molecule has 92 valence electrons. The van der Waals surface area contributed by atoms with E-state index in [9.17, 15) is 0 Å². The first kappa shape index (κ1) is 11.2. The molecule has 0 aliphatic carbocycles. The predicted molar refractivity (Wildman–Crippen MR) is 71.1 cm³/mol. The van der Waals surface area contributed by atoms with Gasteiger partial charge in [-0.25, -0.2) is 0 Å². The molecule has 2 nitrogen and oxygen atoms in total. The van der Waals surface area contributed by atoms with Crippen LogP contribution >= 0.6 is 0 Å². The van der Waals surface area contributed by atoms with Gasteiger partial charge in [0.1, 0.15) is 0 Å². The van der Waals surface area contributed by atoms with Gasteiger partial charge in [-0.2, -0.15) is 0 Å². The molecule has 1 aromatic rings. The van der Waals surface area contributed by atoms with Crippen molar-refractivity contribution >= 4 is 0 Å². The van der Waals surface area contributed by atoms with Gasteiger partial charge in [0.25, 0.3) is 0 Å². The molecular formula is C15H22N2. The zero-order valence-electron chi connectivity index (χ0n) is 10.5. The third kappa shape index (κ3) is 2.53. The van der Waals surface area contributed by atoms with E-state index in [1.807, 2.05) is 0 Å². The highest BCUT2D eigenvalue weighted by atomic mass is 15.2. The molecular weight excluding hydrogens is 208 g/mol. The number of piperidine rings is 1. The summed E-state index contributed by atoms with van der Waals surface area (Å²) in [4.78, 5) is 2.69. The van der Waals surface area contributed by atoms with Crippen molar-refractivity contribution in [1.29, 1.82) is 0 Å². The largest absolute Gasteiger partial charge is 0.315 e. The number of rotatable bonds is 1. The lowest BCUT2D eigenvalue weighted by atomic mass is 10.0. The van der Waals surface area contributed by atoms with E-state index >= 15 is 0 Å². The van der Waals surface area contributed by atoms with Crippen molar-refractivity contribution in [2.75, 3.05) is 19.6 Å². The van der Waals surface area contributed by atoms with Crippen molar-refractivity contribution in [2.24, 2.45) is 0 Å². The Kier molecular flexibility index (Phi) is 3.44. The van der Waals surface area contributed by atoms with Crippen LogP contribution in [0, 0.1) is 0 Å². The summed E-state index contributed by atoms with van der Waals surface area (Å²) in [5.41, 5.74) is 3.12. The van der Waals surface area contributed by atoms with Crippen LogP contribution in [-0.2, 0) is 13.0 Å². The van der Waals surface area contributed by atoms with Crippen molar-refractivity contribution in [3.05, 3.63) is 35.4 Å². The molecule has 2 aliphatic heterocycles. The van der Waals surface area contributed by atoms with Gasteiger partial charge in [0, 0.05) is 19.1 Å². The van der Waals surface area contributed by atoms with E-state index in [0.717, 1.165) is 12.6 Å². The summed E-state index contributed by atoms with van der Waals surface area (Å²) in [7, 11) is 0. The van der Waals surface area contributed by atoms with E-state index in [2.05, 4.69) is 34.5 Å². The average Bonchev–Trinajstić information content (AvgIpc) is 2.62. The van der Waals surface area contributed by atoms with Crippen LogP contribution in [0.3, 0.4) is 0 Å². The van der Waals surface area contributed by atoms with Gasteiger partial charge < -0.3 is 5.32 Å². The Morgan fingerprint density at radius 1 is 1.12 bits per heavy atom. The zero-order chi connectivity index (χ0) is 11.5. The molecule has 0 bridgehead atoms. The molecule has 3 rings (SSSR count). The van der Waals surface area contributed by atoms with Gasteiger partial charge in [0.2, 0.25) is 0 Å². The molecule has 17 heavy (non-hydrogen) atoms. The smallest absolute Gasteiger partial charge is 0.0239 e. The number of aryl methyl sites for hydroxylation is 1. The maximum Gasteiger partial charge on any atom is 0.0239 e. The van der Waals surface area contributed by atoms with E-state index in [1.165, 1.54) is 45.3 Å². The second-order valence-electron chi connectivity index (χ2n) is 5.34. The van der Waals surface area contributed by atoms with Gasteiger partial charge in [-0.15, -0.1) is 0 Å². The Morgan fingerprint density at radius 3 is 2.82 bits per heavy atom. The van der Waals surface area contributed by atoms with Crippen LogP contribution in [0.4, 0.5) is 0 Å². The summed E-state index contributed by atoms with van der Waals surface area (Å²) < 4.78 is 0. The van der Waals surface area contributed by atoms with E-state index in [4.69, 9.17) is 0 Å². The van der Waals surface area contributed by atoms with Crippen molar-refractivity contribution in [2.45, 2.75) is 38.3 Å². The number of fused-ring (bicyclic) bond motifs is 1. The lowest BCUT2D eigenvalue weighted by Crippen LogP contribution is -2.45. The summed E-state index contributed by atoms with van der Waals surface area (Å²) >= 11 is 0. The minimum Gasteiger partial charge on any atom is -0.315 e. The number of hydrogen-bond acceptors (Lipinski definition) is 2. The summed E-state index contributed by atoms with van der Waals surface area (Å²) in [6, 6.07) is 9.73. The minimum absolute atomic E-state index is 0.759. The summed E-state index contributed by atoms with van der Waals surface area (Å²) in [5, 5.41) is 3.53. The Balaban J connectivity index is 1.75. The fourth-order valence-corrected chi connectivity index (χ4v) is 3.18. The number of nitrogens with one attached hydrogen (secondary N) is 1. The predicted octanol–water partition coefficient (Wildman–Crippen LogP) is 2.19. The first-order valence-electron chi connectivity index (χ1n) is 6.95. The Labute approximate surface area is 104 Å². The molecule has 1 aromatic carbocycles. The molecule has 0 radical (unpaired) electrons. The molecule has 2 heterocycles. The average molecular weight is 230 g/mol. The van der Waals surface area contributed by atoms with Gasteiger partial charge in [-0.3, -0.25) is 4.90 Å². The van der Waals surface area contributed by atoms with E-state index in [-0.39, 0.29) is 0 Å². The van der Waals surface area contributed by atoms with Crippen molar-refractivity contribution in [3.63, 3.8) is 0 Å². The quantitative estimate of drug-likeness (QED) is 0.795. The van der Waals surface area contributed by atoms with Crippen LogP contribution in [-0.4, -0.2) is 30.6 Å². The molecule has 1 fully saturated rings. The molecule has 0 saturated carbocycles. The van der Waals surface area contributed by atoms with E-state index in [1.54, 1.807) is 11.1 Å². The highest BCUT2D eigenvalue weighted by molar-refractivity contribution is 5.28. The highest BCUT2D eigenvalue weighted by Gasteiger charge is 2.23. The van der Waals surface area contributed by atoms with Gasteiger partial charge in [-0.05, 0) is 49.9 Å². The Hall–Kier alpha value is -0.860. The molecule has 1 N–H and O–H groups in total. The first-order valence-corrected chi connectivity index (χ1v) is 6.95. The van der Waals surface area contributed by atoms with Gasteiger partial charge >= 0.3 is 0 Å². The lowest BCUT2D eigenvalue weighted by molar-refractivity contribution is 0.160. The summed E-state index contributed by atoms with van der Waals surface area (Å²) in [5.74, 6) is 0. The lowest BCUT2D eigenvalue weighted by Gasteiger charge is -2.34. The van der Waals surface area contributed by atoms with E-state index < -0.39 is 0 Å². The maximum atomic E-state index is 3.53. The van der Waals surface area contributed by atoms with Crippen molar-refractivity contribution in [1.82, 2.24) is 10.2 Å². The van der Waals surface area contributed by atoms with Crippen LogP contribution in [0.1, 0.15) is 30.4 Å². The standard InChI is InChI=1S/C15H22N2/c1-2-6-14-12-17(10-4-7-13(14)5-1)15-8-3-9-16-11-15/h1-2,5-6,15-16H,3-4,7-12H2. The van der Waals surface area contributed by atoms with Gasteiger partial charge in [-0.1, -0.05) is 24.3 Å². The molecule has 1 atom stereocenters. The molecule has 2 heteroatoms. The fraction of sp³-hybridized carbons (Fsp3) is 0.600. The fourth-order valence-electron chi connectivity index (χ4n) is 3.18. The Morgan fingerprint density at radius 2 is 2.00 bits per heavy atom. The number of nitrogens with zero attached hydrogens (tertiary/aromatic N) is 1. The van der Waals surface area contributed by atoms with Crippen LogP contribution in [0.5, 0.6) is 0 Å². The first-order chi connectivity index (χ1) is 8.43. The van der Waals surface area contributed by atoms with Crippen LogP contribution in [0.2, 0.25) is 0 Å². The molecule has 1 unspecified atom stereocenters. The molecule has 0 spiro atoms. The zero-order valence-corrected chi connectivity index (χ0v) is 10.5. The molecule has 1 saturated heterocycles. The number of benzene rings is 1. The second kappa shape index (κ2) is 5.19. The topological polar surface area (TPSA) is 15.3 Å². The van der Waals surface area contributed by atoms with Crippen molar-refractivity contribution in [3.8, 4) is 0 Å². The molecule has 0 aromatic heterocycles. The molecule has 0 amide bonds. The maximum absolute atomic E-state index is 3.53. The van der Waals surface area contributed by atoms with Crippen LogP contribution < -0.4 is 5.32 Å². The third-order valence-corrected chi connectivity index (χ3v) is 4.17. The normalized spacial score (nSPS) is 26.2. The van der Waals surface area contributed by atoms with E-state index in [0.29, 0.717) is 0 Å². The second-order valence-corrected chi connectivity index (χ2v) is 5.34. The minimum atomic E-state index is 0.759. The molecule has 2 aliphatic rings. The highest BCUT2D eigenvalue weighted by Crippen LogP contribution is 2.22. The Bertz CT molecular complexity index is 369. The summed E-state index contributed by atoms with van der Waals surface area (Å²) in [6.07, 6.45) is 5.28. The van der Waals surface area contributed by atoms with Crippen LogP contribution in [0.25, 0.3) is 0 Å². The van der Waals surface area contributed by atoms with Crippen LogP contribution in [0.15, 0.2) is 24.3 Å². The SMILES string of the molecule is c1ccc2c(c1)CCCN(C1CCCNC1)C2. The monoisotopic (exact) mass is 230 g/mol. The number of hydrogen-bond donors (Lipinski definition) is 1. The van der Waals surface area contributed by atoms with Gasteiger partial charge in [0.05, 0.1) is 0 Å².